The predicted octanol–water partition coefficient (Wildman–Crippen LogP) is 4.23. The molecule has 82 heavy (non-hydrogen) atoms. The summed E-state index contributed by atoms with van der Waals surface area (Å²) in [7, 11) is 0. The number of primary amides is 1. The highest BCUT2D eigenvalue weighted by atomic mass is 127. The molecule has 0 aliphatic heterocycles. The molecule has 468 valence electrons. The maximum Gasteiger partial charge on any atom is 0.245 e. The third kappa shape index (κ3) is 30.4. The van der Waals surface area contributed by atoms with Crippen molar-refractivity contribution in [1.82, 2.24) is 42.5 Å². The summed E-state index contributed by atoms with van der Waals surface area (Å²) in [5.74, 6) is -7.37. The van der Waals surface area contributed by atoms with Gasteiger partial charge in [-0.1, -0.05) is 119 Å². The lowest BCUT2D eigenvalue weighted by molar-refractivity contribution is -0.137. The van der Waals surface area contributed by atoms with Gasteiger partial charge in [-0.15, -0.1) is 0 Å². The van der Waals surface area contributed by atoms with Crippen LogP contribution < -0.4 is 59.7 Å². The molecule has 22 nitrogen and oxygen atoms in total. The van der Waals surface area contributed by atoms with Gasteiger partial charge in [0.05, 0.1) is 19.8 Å². The van der Waals surface area contributed by atoms with Gasteiger partial charge < -0.3 is 69.9 Å². The van der Waals surface area contributed by atoms with Crippen LogP contribution in [0.25, 0.3) is 0 Å². The second-order valence-corrected chi connectivity index (χ2v) is 24.7. The molecule has 0 heterocycles. The van der Waals surface area contributed by atoms with E-state index in [1.807, 2.05) is 66.0 Å². The zero-order valence-electron chi connectivity index (χ0n) is 50.0. The molecule has 0 aromatic heterocycles. The van der Waals surface area contributed by atoms with Crippen molar-refractivity contribution in [3.63, 3.8) is 0 Å². The third-order valence-electron chi connectivity index (χ3n) is 14.2. The smallest absolute Gasteiger partial charge is 0.245 e. The number of hydrogen-bond acceptors (Lipinski definition) is 13. The van der Waals surface area contributed by atoms with E-state index in [-0.39, 0.29) is 68.7 Å². The molecule has 0 radical (unpaired) electrons. The van der Waals surface area contributed by atoms with Crippen molar-refractivity contribution in [3.8, 4) is 5.75 Å². The minimum atomic E-state index is -1.70. The number of phenols is 1. The summed E-state index contributed by atoms with van der Waals surface area (Å²) < 4.78 is 0.885. The number of unbranched alkanes of at least 4 members (excludes halogenated alkanes) is 12. The fourth-order valence-electron chi connectivity index (χ4n) is 9.10. The van der Waals surface area contributed by atoms with E-state index in [1.165, 1.54) is 51.9 Å². The maximum atomic E-state index is 14.6. The number of carbonyl (C=O) groups is 9. The van der Waals surface area contributed by atoms with E-state index in [0.717, 1.165) is 19.3 Å². The number of benzene rings is 1. The molecular weight excluding hydrogens is 1280 g/mol. The fourth-order valence-corrected chi connectivity index (χ4v) is 11.0. The van der Waals surface area contributed by atoms with Gasteiger partial charge in [-0.05, 0) is 152 Å². The minimum absolute atomic E-state index is 0.00159. The maximum absolute atomic E-state index is 14.6. The summed E-state index contributed by atoms with van der Waals surface area (Å²) in [4.78, 5) is 123. The second kappa shape index (κ2) is 42.4. The molecule has 1 aromatic carbocycles. The normalized spacial score (nSPS) is 14.7. The van der Waals surface area contributed by atoms with Crippen molar-refractivity contribution in [2.24, 2.45) is 35.0 Å². The SMILES string of the molecule is CCCCCCCCCCCCCC(=O)NCC(=O)N[C@@H](CC(C)C)C(=O)N[C@H](C(=O)N[C@H](C(=O)N[C@@H](Cc1cc(I)c(O)c(I)c1)C(=O)N[C@H](CCCCN)C(=O)N[C@H](CCCCN)C(=O)N[C@H](C(N)=O)[C@@H](C)CC)[C@@H](C)O)C(C)C. The van der Waals surface area contributed by atoms with Crippen molar-refractivity contribution in [2.45, 2.75) is 239 Å². The van der Waals surface area contributed by atoms with Crippen LogP contribution in [0.15, 0.2) is 12.1 Å². The van der Waals surface area contributed by atoms with E-state index in [1.54, 1.807) is 32.9 Å². The number of rotatable bonds is 44. The van der Waals surface area contributed by atoms with Gasteiger partial charge in [0.15, 0.2) is 0 Å². The average Bonchev–Trinajstić information content (AvgIpc) is 3.53. The molecule has 0 spiro atoms. The zero-order chi connectivity index (χ0) is 61.9. The summed E-state index contributed by atoms with van der Waals surface area (Å²) in [6.07, 6.45) is 13.8. The Hall–Kier alpha value is -4.41. The Morgan fingerprint density at radius 3 is 1.43 bits per heavy atom. The molecule has 1 rings (SSSR count). The van der Waals surface area contributed by atoms with E-state index in [4.69, 9.17) is 17.2 Å². The van der Waals surface area contributed by atoms with Gasteiger partial charge in [0.2, 0.25) is 53.2 Å². The average molecular weight is 1380 g/mol. The molecule has 0 unspecified atom stereocenters. The molecule has 1 aromatic rings. The zero-order valence-corrected chi connectivity index (χ0v) is 54.3. The number of hydrogen-bond donors (Lipinski definition) is 13. The van der Waals surface area contributed by atoms with E-state index < -0.39 is 102 Å². The number of phenolic OH excluding ortho intramolecular Hbond substituents is 1. The van der Waals surface area contributed by atoms with Crippen LogP contribution >= 0.6 is 45.2 Å². The first kappa shape index (κ1) is 75.6. The molecule has 9 atom stereocenters. The van der Waals surface area contributed by atoms with Crippen LogP contribution in [0, 0.1) is 24.9 Å². The molecule has 0 fully saturated rings. The molecule has 0 saturated heterocycles. The van der Waals surface area contributed by atoms with Crippen molar-refractivity contribution in [1.29, 1.82) is 0 Å². The van der Waals surface area contributed by atoms with Crippen LogP contribution in [-0.4, -0.2) is 131 Å². The summed E-state index contributed by atoms with van der Waals surface area (Å²) in [5.41, 5.74) is 17.7. The Balaban J connectivity index is 3.37. The lowest BCUT2D eigenvalue weighted by Crippen LogP contribution is -2.62. The van der Waals surface area contributed by atoms with Gasteiger partial charge in [0.1, 0.15) is 48.0 Å². The molecule has 0 bridgehead atoms. The number of halogens is 2. The predicted molar refractivity (Wildman–Crippen MR) is 335 cm³/mol. The highest BCUT2D eigenvalue weighted by Gasteiger charge is 2.37. The summed E-state index contributed by atoms with van der Waals surface area (Å²) in [6.45, 7) is 14.3. The lowest BCUT2D eigenvalue weighted by Gasteiger charge is -2.30. The van der Waals surface area contributed by atoms with E-state index >= 15 is 0 Å². The van der Waals surface area contributed by atoms with Crippen LogP contribution in [0.3, 0.4) is 0 Å². The van der Waals surface area contributed by atoms with Gasteiger partial charge in [0, 0.05) is 12.8 Å². The van der Waals surface area contributed by atoms with Gasteiger partial charge in [-0.25, -0.2) is 0 Å². The molecule has 24 heteroatoms. The van der Waals surface area contributed by atoms with Gasteiger partial charge in [0.25, 0.3) is 0 Å². The highest BCUT2D eigenvalue weighted by Crippen LogP contribution is 2.28. The Morgan fingerprint density at radius 2 is 0.963 bits per heavy atom. The fraction of sp³-hybridized carbons (Fsp3) is 0.741. The van der Waals surface area contributed by atoms with E-state index in [9.17, 15) is 53.4 Å². The Kier molecular flexibility index (Phi) is 39.1. The summed E-state index contributed by atoms with van der Waals surface area (Å²) in [5, 5.41) is 43.0. The van der Waals surface area contributed by atoms with Crippen LogP contribution in [0.1, 0.15) is 189 Å². The number of aromatic hydroxyl groups is 1. The third-order valence-corrected chi connectivity index (χ3v) is 15.9. The van der Waals surface area contributed by atoms with Crippen molar-refractivity contribution >= 4 is 98.3 Å². The number of aliphatic hydroxyl groups is 1. The summed E-state index contributed by atoms with van der Waals surface area (Å²) in [6, 6.07) is -5.80. The largest absolute Gasteiger partial charge is 0.506 e. The van der Waals surface area contributed by atoms with E-state index in [2.05, 4.69) is 49.5 Å². The van der Waals surface area contributed by atoms with E-state index in [0.29, 0.717) is 57.8 Å². The van der Waals surface area contributed by atoms with Crippen molar-refractivity contribution < 1.29 is 53.4 Å². The number of aliphatic hydroxyl groups excluding tert-OH is 1. The minimum Gasteiger partial charge on any atom is -0.506 e. The first-order valence-corrected chi connectivity index (χ1v) is 31.9. The molecule has 16 N–H and O–H groups in total. The van der Waals surface area contributed by atoms with Crippen LogP contribution in [0.2, 0.25) is 0 Å². The second-order valence-electron chi connectivity index (χ2n) is 22.4. The quantitative estimate of drug-likeness (QED) is 0.0322. The van der Waals surface area contributed by atoms with Gasteiger partial charge in [-0.2, -0.15) is 0 Å². The monoisotopic (exact) mass is 1380 g/mol. The van der Waals surface area contributed by atoms with Crippen LogP contribution in [0.5, 0.6) is 5.75 Å². The number of amides is 9. The summed E-state index contributed by atoms with van der Waals surface area (Å²) >= 11 is 3.85. The molecule has 9 amide bonds. The Labute approximate surface area is 514 Å². The van der Waals surface area contributed by atoms with Gasteiger partial charge in [-0.3, -0.25) is 43.2 Å². The van der Waals surface area contributed by atoms with Crippen molar-refractivity contribution in [3.05, 3.63) is 24.8 Å². The molecule has 0 aliphatic rings. The van der Waals surface area contributed by atoms with Crippen molar-refractivity contribution in [2.75, 3.05) is 19.6 Å². The standard InChI is InChI=1S/C58H101I2N11O11/c1-9-11-12-13-14-15-16-17-18-19-20-27-46(73)64-34-47(74)65-44(30-35(3)4)56(80)69-48(36(5)6)57(81)71-50(38(8)72)58(82)68-45(33-39-31-40(59)51(75)41(60)32-39)55(79)67-42(25-21-23-28-61)53(77)66-43(26-22-24-29-62)54(78)70-49(52(63)76)37(7)10-2/h31-32,35-38,42-45,48-50,72,75H,9-30,33-34,61-62H2,1-8H3,(H2,63,76)(H,64,73)(H,65,74)(H,66,77)(H,67,79)(H,68,82)(H,69,80)(H,70,78)(H,71,81)/t37-,38+,42+,43+,44-,45-,48-,49-,50-/m0/s1. The number of carbonyl (C=O) groups excluding carboxylic acids is 9. The highest BCUT2D eigenvalue weighted by molar-refractivity contribution is 14.1. The molecule has 0 saturated carbocycles. The Morgan fingerprint density at radius 1 is 0.524 bits per heavy atom. The first-order valence-electron chi connectivity index (χ1n) is 29.7. The van der Waals surface area contributed by atoms with Crippen LogP contribution in [0.4, 0.5) is 0 Å². The molecular formula is C58H101I2N11O11. The van der Waals surface area contributed by atoms with Gasteiger partial charge >= 0.3 is 0 Å². The first-order chi connectivity index (χ1) is 38.8. The number of nitrogens with one attached hydrogen (secondary N) is 8. The topological polar surface area (TPSA) is 368 Å². The Bertz CT molecular complexity index is 2130. The lowest BCUT2D eigenvalue weighted by atomic mass is 9.97. The number of nitrogens with two attached hydrogens (primary N) is 3. The molecule has 0 aliphatic carbocycles. The van der Waals surface area contributed by atoms with Crippen LogP contribution in [-0.2, 0) is 49.6 Å².